The Bertz CT molecular complexity index is 2040. The zero-order valence-corrected chi connectivity index (χ0v) is 33.6. The first-order valence-electron chi connectivity index (χ1n) is 18.1. The van der Waals surface area contributed by atoms with Crippen LogP contribution in [0.4, 0.5) is 0 Å². The van der Waals surface area contributed by atoms with Crippen molar-refractivity contribution in [3.63, 3.8) is 0 Å². The first kappa shape index (κ1) is 38.2. The van der Waals surface area contributed by atoms with Gasteiger partial charge >= 0.3 is 0 Å². The van der Waals surface area contributed by atoms with Crippen LogP contribution in [0.5, 0.6) is 0 Å². The van der Waals surface area contributed by atoms with Gasteiger partial charge in [-0.1, -0.05) is 132 Å². The molecular weight excluding hydrogens is 645 g/mol. The van der Waals surface area contributed by atoms with E-state index in [0.717, 1.165) is 24.0 Å². The number of benzene rings is 5. The van der Waals surface area contributed by atoms with E-state index in [1.807, 2.05) is 12.1 Å². The van der Waals surface area contributed by atoms with Crippen LogP contribution in [0.2, 0.25) is 0 Å². The Hall–Kier alpha value is -3.99. The monoisotopic (exact) mass is 700 g/mol. The van der Waals surface area contributed by atoms with Crippen molar-refractivity contribution >= 4 is 10.1 Å². The van der Waals surface area contributed by atoms with Gasteiger partial charge in [0.15, 0.2) is 0 Å². The Morgan fingerprint density at radius 2 is 0.922 bits per heavy atom. The van der Waals surface area contributed by atoms with Crippen LogP contribution in [-0.4, -0.2) is 13.0 Å². The van der Waals surface area contributed by atoms with Gasteiger partial charge < -0.3 is 0 Å². The lowest BCUT2D eigenvalue weighted by molar-refractivity contribution is 0.482. The summed E-state index contributed by atoms with van der Waals surface area (Å²) in [5.41, 5.74) is 17.6. The molecule has 0 aliphatic heterocycles. The van der Waals surface area contributed by atoms with Crippen molar-refractivity contribution in [2.45, 2.75) is 118 Å². The molecule has 0 aliphatic carbocycles. The molecule has 5 aromatic carbocycles. The summed E-state index contributed by atoms with van der Waals surface area (Å²) in [6, 6.07) is 29.3. The molecular formula is C47H56O3S. The predicted molar refractivity (Wildman–Crippen MR) is 214 cm³/mol. The van der Waals surface area contributed by atoms with Crippen LogP contribution in [0.3, 0.4) is 0 Å². The Morgan fingerprint density at radius 1 is 0.549 bits per heavy atom. The smallest absolute Gasteiger partial charge is 0.282 e. The highest BCUT2D eigenvalue weighted by Crippen LogP contribution is 2.41. The van der Waals surface area contributed by atoms with Gasteiger partial charge in [0.25, 0.3) is 10.1 Å². The molecule has 1 N–H and O–H groups in total. The fraction of sp³-hybridized carbons (Fsp3) is 0.362. The summed E-state index contributed by atoms with van der Waals surface area (Å²) in [6.45, 7) is 26.5. The van der Waals surface area contributed by atoms with Crippen molar-refractivity contribution in [2.75, 3.05) is 0 Å². The average Bonchev–Trinajstić information content (AvgIpc) is 3.00. The third-order valence-electron chi connectivity index (χ3n) is 10.5. The number of rotatable bonds is 8. The zero-order valence-electron chi connectivity index (χ0n) is 32.7. The van der Waals surface area contributed by atoms with Crippen molar-refractivity contribution in [1.29, 1.82) is 0 Å². The third kappa shape index (κ3) is 8.40. The highest BCUT2D eigenvalue weighted by atomic mass is 32.2. The van der Waals surface area contributed by atoms with Gasteiger partial charge in [-0.3, -0.25) is 4.55 Å². The van der Waals surface area contributed by atoms with Crippen LogP contribution in [-0.2, 0) is 33.8 Å². The molecule has 0 aliphatic rings. The van der Waals surface area contributed by atoms with Gasteiger partial charge in [-0.05, 0) is 144 Å². The largest absolute Gasteiger partial charge is 0.294 e. The predicted octanol–water partition coefficient (Wildman–Crippen LogP) is 11.7. The topological polar surface area (TPSA) is 54.4 Å². The number of hydrogen-bond acceptors (Lipinski definition) is 2. The number of aryl methyl sites for hydroxylation is 6. The average molecular weight is 701 g/mol. The second-order valence-corrected chi connectivity index (χ2v) is 18.3. The minimum atomic E-state index is -4.50. The third-order valence-corrected chi connectivity index (χ3v) is 11.4. The fourth-order valence-electron chi connectivity index (χ4n) is 8.12. The minimum Gasteiger partial charge on any atom is -0.282 e. The van der Waals surface area contributed by atoms with Crippen LogP contribution in [0.15, 0.2) is 89.8 Å². The Labute approximate surface area is 307 Å². The van der Waals surface area contributed by atoms with Crippen LogP contribution >= 0.6 is 0 Å². The maximum atomic E-state index is 12.9. The molecule has 268 valence electrons. The highest BCUT2D eigenvalue weighted by Gasteiger charge is 2.29. The van der Waals surface area contributed by atoms with Gasteiger partial charge in [-0.15, -0.1) is 0 Å². The summed E-state index contributed by atoms with van der Waals surface area (Å²) in [4.78, 5) is -0.0606. The summed E-state index contributed by atoms with van der Waals surface area (Å²) in [5, 5.41) is 0. The molecule has 51 heavy (non-hydrogen) atoms. The minimum absolute atomic E-state index is 0.0606. The second-order valence-electron chi connectivity index (χ2n) is 16.9. The van der Waals surface area contributed by atoms with Crippen molar-refractivity contribution in [2.24, 2.45) is 0 Å². The summed E-state index contributed by atoms with van der Waals surface area (Å²) in [5.74, 6) is -0.431. The summed E-state index contributed by atoms with van der Waals surface area (Å²) in [6.07, 6.45) is 1.63. The van der Waals surface area contributed by atoms with Crippen molar-refractivity contribution < 1.29 is 13.0 Å². The molecule has 0 unspecified atom stereocenters. The van der Waals surface area contributed by atoms with Crippen molar-refractivity contribution in [1.82, 2.24) is 0 Å². The van der Waals surface area contributed by atoms with Crippen LogP contribution in [0.1, 0.15) is 131 Å². The van der Waals surface area contributed by atoms with E-state index in [1.165, 1.54) is 72.8 Å². The normalized spacial score (nSPS) is 12.5. The molecule has 0 saturated heterocycles. The first-order chi connectivity index (χ1) is 23.6. The molecule has 0 amide bonds. The number of hydrogen-bond donors (Lipinski definition) is 1. The maximum absolute atomic E-state index is 12.9. The molecule has 5 aromatic rings. The molecule has 0 spiro atoms. The van der Waals surface area contributed by atoms with Crippen LogP contribution in [0.25, 0.3) is 0 Å². The quantitative estimate of drug-likeness (QED) is 0.129. The Balaban J connectivity index is 1.75. The van der Waals surface area contributed by atoms with Gasteiger partial charge in [0.2, 0.25) is 0 Å². The summed E-state index contributed by atoms with van der Waals surface area (Å²) in [7, 11) is -4.50. The van der Waals surface area contributed by atoms with E-state index in [4.69, 9.17) is 0 Å². The second kappa shape index (κ2) is 14.2. The van der Waals surface area contributed by atoms with Gasteiger partial charge in [-0.25, -0.2) is 0 Å². The van der Waals surface area contributed by atoms with E-state index in [-0.39, 0.29) is 15.7 Å². The molecule has 3 nitrogen and oxygen atoms in total. The van der Waals surface area contributed by atoms with E-state index in [9.17, 15) is 13.0 Å². The molecule has 5 rings (SSSR count). The van der Waals surface area contributed by atoms with Crippen LogP contribution in [0, 0.1) is 41.5 Å². The highest BCUT2D eigenvalue weighted by molar-refractivity contribution is 7.85. The van der Waals surface area contributed by atoms with Crippen LogP contribution < -0.4 is 0 Å². The zero-order chi connectivity index (χ0) is 37.6. The standard InChI is InChI=1S/C47H56O3S/c1-29-21-31(3)40(32(4)22-29)25-35-17-19-37(27-42(35)46(7,8)9)45(39-15-13-14-16-44(39)51(48,49)50)38-20-18-36(43(28-38)47(10,11)12)26-41-33(5)23-30(2)24-34(41)6/h13-24,27-28,45H,25-26H2,1-12H3,(H,48,49,50). The first-order valence-corrected chi connectivity index (χ1v) is 19.6. The molecule has 0 heterocycles. The van der Waals surface area contributed by atoms with Gasteiger partial charge in [0.1, 0.15) is 0 Å². The van der Waals surface area contributed by atoms with Gasteiger partial charge in [0, 0.05) is 5.92 Å². The van der Waals surface area contributed by atoms with E-state index in [1.54, 1.807) is 6.07 Å². The summed E-state index contributed by atoms with van der Waals surface area (Å²) >= 11 is 0. The van der Waals surface area contributed by atoms with E-state index in [0.29, 0.717) is 5.56 Å². The molecule has 0 fully saturated rings. The molecule has 4 heteroatoms. The van der Waals surface area contributed by atoms with Gasteiger partial charge in [0.05, 0.1) is 4.90 Å². The van der Waals surface area contributed by atoms with E-state index >= 15 is 0 Å². The van der Waals surface area contributed by atoms with Crippen molar-refractivity contribution in [3.8, 4) is 0 Å². The lowest BCUT2D eigenvalue weighted by atomic mass is 9.75. The van der Waals surface area contributed by atoms with Gasteiger partial charge in [-0.2, -0.15) is 8.42 Å². The molecule has 0 aromatic heterocycles. The molecule has 0 radical (unpaired) electrons. The molecule has 0 atom stereocenters. The Morgan fingerprint density at radius 3 is 1.27 bits per heavy atom. The lowest BCUT2D eigenvalue weighted by Crippen LogP contribution is -2.19. The van der Waals surface area contributed by atoms with E-state index < -0.39 is 16.0 Å². The lowest BCUT2D eigenvalue weighted by Gasteiger charge is -2.30. The van der Waals surface area contributed by atoms with E-state index in [2.05, 4.69) is 144 Å². The maximum Gasteiger partial charge on any atom is 0.294 e. The SMILES string of the molecule is Cc1cc(C)c(Cc2ccc(C(c3ccc(Cc4c(C)cc(C)cc4C)c(C(C)(C)C)c3)c3ccccc3S(=O)(=O)O)cc2C(C)(C)C)c(C)c1. The Kier molecular flexibility index (Phi) is 10.7. The summed E-state index contributed by atoms with van der Waals surface area (Å²) < 4.78 is 36.3. The fourth-order valence-corrected chi connectivity index (χ4v) is 8.85. The molecule has 0 bridgehead atoms. The molecule has 0 saturated carbocycles. The van der Waals surface area contributed by atoms with Crippen molar-refractivity contribution in [3.05, 3.63) is 168 Å².